The molecular formula is C15H18N4. The van der Waals surface area contributed by atoms with E-state index in [1.165, 1.54) is 24.0 Å². The predicted molar refractivity (Wildman–Crippen MR) is 73.0 cm³/mol. The van der Waals surface area contributed by atoms with Gasteiger partial charge in [0.2, 0.25) is 0 Å². The molecule has 0 amide bonds. The Balaban J connectivity index is 1.81. The molecule has 2 heterocycles. The van der Waals surface area contributed by atoms with Gasteiger partial charge in [0.1, 0.15) is 11.6 Å². The minimum absolute atomic E-state index is 0.340. The van der Waals surface area contributed by atoms with Crippen LogP contribution in [0.3, 0.4) is 0 Å². The van der Waals surface area contributed by atoms with Gasteiger partial charge in [-0.2, -0.15) is 0 Å². The molecule has 1 aromatic carbocycles. The van der Waals surface area contributed by atoms with E-state index in [4.69, 9.17) is 0 Å². The number of aromatic nitrogens is 3. The van der Waals surface area contributed by atoms with Gasteiger partial charge in [0.15, 0.2) is 0 Å². The highest BCUT2D eigenvalue weighted by Gasteiger charge is 2.33. The van der Waals surface area contributed by atoms with Gasteiger partial charge < -0.3 is 9.88 Å². The molecule has 0 bridgehead atoms. The first-order chi connectivity index (χ1) is 9.34. The van der Waals surface area contributed by atoms with Crippen LogP contribution < -0.4 is 5.32 Å². The lowest BCUT2D eigenvalue weighted by Crippen LogP contribution is -2.30. The molecule has 1 aliphatic carbocycles. The normalized spacial score (nSPS) is 22.3. The summed E-state index contributed by atoms with van der Waals surface area (Å²) in [4.78, 5) is 0. The Hall–Kier alpha value is -1.68. The summed E-state index contributed by atoms with van der Waals surface area (Å²) in [6.07, 6.45) is 2.54. The molecule has 4 heteroatoms. The average molecular weight is 254 g/mol. The van der Waals surface area contributed by atoms with Crippen LogP contribution in [0.4, 0.5) is 0 Å². The molecular weight excluding hydrogens is 236 g/mol. The standard InChI is InChI=1S/C15H18N4/c1-10-17-18-15(19(10)12-6-7-12)14-9-16-8-11-4-2-3-5-13(11)14/h2-5,12,14,16H,6-9H2,1H3. The van der Waals surface area contributed by atoms with Gasteiger partial charge in [0.05, 0.1) is 5.92 Å². The summed E-state index contributed by atoms with van der Waals surface area (Å²) < 4.78 is 2.36. The summed E-state index contributed by atoms with van der Waals surface area (Å²) in [7, 11) is 0. The number of rotatable bonds is 2. The van der Waals surface area contributed by atoms with Crippen molar-refractivity contribution in [3.8, 4) is 0 Å². The van der Waals surface area contributed by atoms with Gasteiger partial charge in [0.25, 0.3) is 0 Å². The fraction of sp³-hybridized carbons (Fsp3) is 0.467. The first-order valence-corrected chi connectivity index (χ1v) is 7.04. The summed E-state index contributed by atoms with van der Waals surface area (Å²) >= 11 is 0. The predicted octanol–water partition coefficient (Wildman–Crippen LogP) is 2.16. The smallest absolute Gasteiger partial charge is 0.142 e. The Morgan fingerprint density at radius 2 is 2.05 bits per heavy atom. The second kappa shape index (κ2) is 4.17. The molecule has 1 aromatic heterocycles. The van der Waals surface area contributed by atoms with Crippen molar-refractivity contribution in [2.45, 2.75) is 38.3 Å². The Bertz CT molecular complexity index is 612. The summed E-state index contributed by atoms with van der Waals surface area (Å²) in [6.45, 7) is 3.99. The van der Waals surface area contributed by atoms with Crippen LogP contribution in [0.1, 0.15) is 47.6 Å². The summed E-state index contributed by atoms with van der Waals surface area (Å²) in [5.41, 5.74) is 2.80. The third kappa shape index (κ3) is 1.78. The Kier molecular flexibility index (Phi) is 2.45. The van der Waals surface area contributed by atoms with E-state index in [1.54, 1.807) is 0 Å². The molecule has 0 saturated heterocycles. The fourth-order valence-corrected chi connectivity index (χ4v) is 3.13. The van der Waals surface area contributed by atoms with E-state index in [9.17, 15) is 0 Å². The number of nitrogens with zero attached hydrogens (tertiary/aromatic N) is 3. The SMILES string of the molecule is Cc1nnc(C2CNCc3ccccc32)n1C1CC1. The fourth-order valence-electron chi connectivity index (χ4n) is 3.13. The van der Waals surface area contributed by atoms with Gasteiger partial charge in [0, 0.05) is 19.1 Å². The van der Waals surface area contributed by atoms with Crippen molar-refractivity contribution in [2.75, 3.05) is 6.54 Å². The molecule has 19 heavy (non-hydrogen) atoms. The highest BCUT2D eigenvalue weighted by molar-refractivity contribution is 5.37. The summed E-state index contributed by atoms with van der Waals surface area (Å²) in [5, 5.41) is 12.3. The molecule has 2 aromatic rings. The zero-order chi connectivity index (χ0) is 12.8. The van der Waals surface area contributed by atoms with Crippen LogP contribution in [-0.2, 0) is 6.54 Å². The Morgan fingerprint density at radius 1 is 1.21 bits per heavy atom. The van der Waals surface area contributed by atoms with E-state index in [0.717, 1.165) is 24.7 Å². The van der Waals surface area contributed by atoms with Crippen molar-refractivity contribution in [3.05, 3.63) is 47.0 Å². The van der Waals surface area contributed by atoms with Crippen molar-refractivity contribution in [3.63, 3.8) is 0 Å². The number of aryl methyl sites for hydroxylation is 1. The van der Waals surface area contributed by atoms with E-state index < -0.39 is 0 Å². The monoisotopic (exact) mass is 254 g/mol. The first-order valence-electron chi connectivity index (χ1n) is 7.04. The molecule has 0 spiro atoms. The van der Waals surface area contributed by atoms with Gasteiger partial charge in [-0.3, -0.25) is 0 Å². The van der Waals surface area contributed by atoms with Gasteiger partial charge in [-0.1, -0.05) is 24.3 Å². The molecule has 1 fully saturated rings. The molecule has 4 nitrogen and oxygen atoms in total. The minimum atomic E-state index is 0.340. The van der Waals surface area contributed by atoms with Crippen molar-refractivity contribution in [1.29, 1.82) is 0 Å². The minimum Gasteiger partial charge on any atom is -0.312 e. The maximum absolute atomic E-state index is 4.47. The Morgan fingerprint density at radius 3 is 2.89 bits per heavy atom. The number of hydrogen-bond acceptors (Lipinski definition) is 3. The number of hydrogen-bond donors (Lipinski definition) is 1. The van der Waals surface area contributed by atoms with Crippen LogP contribution in [0.15, 0.2) is 24.3 Å². The highest BCUT2D eigenvalue weighted by atomic mass is 15.3. The van der Waals surface area contributed by atoms with Crippen LogP contribution in [0.5, 0.6) is 0 Å². The van der Waals surface area contributed by atoms with Crippen molar-refractivity contribution >= 4 is 0 Å². The molecule has 1 aliphatic heterocycles. The van der Waals surface area contributed by atoms with Gasteiger partial charge in [-0.15, -0.1) is 10.2 Å². The van der Waals surface area contributed by atoms with E-state index in [-0.39, 0.29) is 0 Å². The van der Waals surface area contributed by atoms with Gasteiger partial charge in [-0.25, -0.2) is 0 Å². The molecule has 1 saturated carbocycles. The average Bonchev–Trinajstić information content (AvgIpc) is 3.21. The van der Waals surface area contributed by atoms with E-state index in [2.05, 4.69) is 51.3 Å². The van der Waals surface area contributed by atoms with E-state index in [1.807, 2.05) is 0 Å². The van der Waals surface area contributed by atoms with E-state index in [0.29, 0.717) is 12.0 Å². The van der Waals surface area contributed by atoms with Gasteiger partial charge >= 0.3 is 0 Å². The highest BCUT2D eigenvalue weighted by Crippen LogP contribution is 2.39. The quantitative estimate of drug-likeness (QED) is 0.893. The molecule has 2 aliphatic rings. The van der Waals surface area contributed by atoms with Crippen LogP contribution in [0.2, 0.25) is 0 Å². The maximum Gasteiger partial charge on any atom is 0.142 e. The number of fused-ring (bicyclic) bond motifs is 1. The lowest BCUT2D eigenvalue weighted by molar-refractivity contribution is 0.540. The summed E-state index contributed by atoms with van der Waals surface area (Å²) in [6, 6.07) is 9.32. The largest absolute Gasteiger partial charge is 0.312 e. The van der Waals surface area contributed by atoms with Crippen molar-refractivity contribution < 1.29 is 0 Å². The van der Waals surface area contributed by atoms with Gasteiger partial charge in [-0.05, 0) is 30.9 Å². The van der Waals surface area contributed by atoms with Crippen molar-refractivity contribution in [1.82, 2.24) is 20.1 Å². The zero-order valence-corrected chi connectivity index (χ0v) is 11.1. The first kappa shape index (κ1) is 11.2. The summed E-state index contributed by atoms with van der Waals surface area (Å²) in [5.74, 6) is 2.53. The van der Waals surface area contributed by atoms with Crippen LogP contribution >= 0.6 is 0 Å². The molecule has 0 radical (unpaired) electrons. The van der Waals surface area contributed by atoms with Crippen LogP contribution in [-0.4, -0.2) is 21.3 Å². The number of nitrogens with one attached hydrogen (secondary N) is 1. The van der Waals surface area contributed by atoms with Crippen molar-refractivity contribution in [2.24, 2.45) is 0 Å². The molecule has 1 atom stereocenters. The zero-order valence-electron chi connectivity index (χ0n) is 11.1. The molecule has 98 valence electrons. The Labute approximate surface area is 112 Å². The molecule has 4 rings (SSSR count). The second-order valence-corrected chi connectivity index (χ2v) is 5.59. The second-order valence-electron chi connectivity index (χ2n) is 5.59. The third-order valence-electron chi connectivity index (χ3n) is 4.21. The molecule has 1 unspecified atom stereocenters. The lowest BCUT2D eigenvalue weighted by atomic mass is 9.90. The number of benzene rings is 1. The maximum atomic E-state index is 4.47. The van der Waals surface area contributed by atoms with E-state index >= 15 is 0 Å². The van der Waals surface area contributed by atoms with Crippen LogP contribution in [0, 0.1) is 6.92 Å². The lowest BCUT2D eigenvalue weighted by Gasteiger charge is -2.26. The third-order valence-corrected chi connectivity index (χ3v) is 4.21. The topological polar surface area (TPSA) is 42.7 Å². The van der Waals surface area contributed by atoms with Crippen LogP contribution in [0.25, 0.3) is 0 Å². The molecule has 1 N–H and O–H groups in total.